The second-order valence-electron chi connectivity index (χ2n) is 3.31. The molecule has 0 aliphatic rings. The molecule has 0 aliphatic carbocycles. The zero-order valence-electron chi connectivity index (χ0n) is 9.10. The second-order valence-corrected chi connectivity index (χ2v) is 3.31. The van der Waals surface area contributed by atoms with Gasteiger partial charge in [-0.05, 0) is 17.7 Å². The van der Waals surface area contributed by atoms with E-state index in [-0.39, 0.29) is 11.1 Å². The summed E-state index contributed by atoms with van der Waals surface area (Å²) in [5.74, 6) is 0. The molecule has 5 nitrogen and oxygen atoms in total. The second kappa shape index (κ2) is 5.19. The summed E-state index contributed by atoms with van der Waals surface area (Å²) in [7, 11) is 0. The maximum absolute atomic E-state index is 12.5. The molecule has 0 bridgehead atoms. The Balaban J connectivity index is 3.43. The minimum Gasteiger partial charge on any atom is -0.258 e. The number of hydrogen-bond donors (Lipinski definition) is 0. The topological polar surface area (TPSA) is 90.7 Å². The molecule has 0 N–H and O–H groups in total. The summed E-state index contributed by atoms with van der Waals surface area (Å²) in [5, 5.41) is 27.6. The number of allylic oxidation sites excluding steroid dienone is 1. The van der Waals surface area contributed by atoms with E-state index in [0.717, 1.165) is 12.1 Å². The molecule has 1 rings (SSSR count). The van der Waals surface area contributed by atoms with Gasteiger partial charge in [0.05, 0.1) is 4.92 Å². The third kappa shape index (κ3) is 3.30. The Hall–Kier alpha value is -2.87. The van der Waals surface area contributed by atoms with Gasteiger partial charge in [0.2, 0.25) is 0 Å². The van der Waals surface area contributed by atoms with E-state index in [0.29, 0.717) is 12.1 Å². The first-order valence-electron chi connectivity index (χ1n) is 4.67. The third-order valence-corrected chi connectivity index (χ3v) is 2.08. The molecule has 8 heteroatoms. The molecule has 0 fully saturated rings. The highest BCUT2D eigenvalue weighted by Gasteiger charge is 2.38. The normalized spacial score (nSPS) is 10.2. The van der Waals surface area contributed by atoms with Crippen molar-refractivity contribution in [3.05, 3.63) is 45.0 Å². The van der Waals surface area contributed by atoms with E-state index < -0.39 is 22.4 Å². The molecule has 1 aromatic carbocycles. The molecule has 0 radical (unpaired) electrons. The van der Waals surface area contributed by atoms with E-state index in [9.17, 15) is 23.3 Å². The molecule has 0 unspecified atom stereocenters. The quantitative estimate of drug-likeness (QED) is 0.467. The van der Waals surface area contributed by atoms with Gasteiger partial charge in [0.25, 0.3) is 5.69 Å². The Kier molecular flexibility index (Phi) is 3.88. The largest absolute Gasteiger partial charge is 0.422 e. The number of nitrogens with zero attached hydrogens (tertiary/aromatic N) is 3. The number of rotatable bonds is 2. The lowest BCUT2D eigenvalue weighted by atomic mass is 10.1. The van der Waals surface area contributed by atoms with E-state index in [1.165, 1.54) is 12.1 Å². The fourth-order valence-corrected chi connectivity index (χ4v) is 1.29. The van der Waals surface area contributed by atoms with Crippen LogP contribution in [0.15, 0.2) is 23.8 Å². The van der Waals surface area contributed by atoms with Crippen LogP contribution in [0.2, 0.25) is 0 Å². The first kappa shape index (κ1) is 14.2. The van der Waals surface area contributed by atoms with Gasteiger partial charge in [0.1, 0.15) is 23.3 Å². The first-order valence-corrected chi connectivity index (χ1v) is 4.67. The molecule has 0 aliphatic heterocycles. The fourth-order valence-electron chi connectivity index (χ4n) is 1.29. The summed E-state index contributed by atoms with van der Waals surface area (Å²) < 4.78 is 37.5. The van der Waals surface area contributed by atoms with Crippen molar-refractivity contribution in [3.8, 4) is 12.1 Å². The molecule has 96 valence electrons. The summed E-state index contributed by atoms with van der Waals surface area (Å²) >= 11 is 0. The molecular formula is C11H4F3N3O2. The number of halogens is 3. The SMILES string of the molecule is N#CC(C#N)=Cc1ccc(C(F)(F)F)c([N+](=O)[O-])c1. The average molecular weight is 267 g/mol. The first-order chi connectivity index (χ1) is 8.79. The Morgan fingerprint density at radius 1 is 1.32 bits per heavy atom. The van der Waals surface area contributed by atoms with Crippen LogP contribution in [-0.4, -0.2) is 4.92 Å². The lowest BCUT2D eigenvalue weighted by molar-refractivity contribution is -0.388. The van der Waals surface area contributed by atoms with Gasteiger partial charge in [0.15, 0.2) is 0 Å². The number of alkyl halides is 3. The number of benzene rings is 1. The molecule has 0 amide bonds. The highest BCUT2D eigenvalue weighted by molar-refractivity contribution is 5.64. The van der Waals surface area contributed by atoms with Crippen LogP contribution in [0.4, 0.5) is 18.9 Å². The van der Waals surface area contributed by atoms with Gasteiger partial charge in [-0.3, -0.25) is 10.1 Å². The van der Waals surface area contributed by atoms with Gasteiger partial charge in [-0.15, -0.1) is 0 Å². The van der Waals surface area contributed by atoms with Crippen molar-refractivity contribution in [1.82, 2.24) is 0 Å². The molecule has 0 atom stereocenters. The molecule has 1 aromatic rings. The lowest BCUT2D eigenvalue weighted by Gasteiger charge is -2.07. The van der Waals surface area contributed by atoms with Crippen molar-refractivity contribution in [3.63, 3.8) is 0 Å². The summed E-state index contributed by atoms with van der Waals surface area (Å²) in [6.07, 6.45) is -3.88. The van der Waals surface area contributed by atoms with Gasteiger partial charge in [-0.25, -0.2) is 0 Å². The van der Waals surface area contributed by atoms with Crippen LogP contribution in [0.1, 0.15) is 11.1 Å². The van der Waals surface area contributed by atoms with Crippen molar-refractivity contribution >= 4 is 11.8 Å². The van der Waals surface area contributed by atoms with E-state index >= 15 is 0 Å². The molecular weight excluding hydrogens is 263 g/mol. The van der Waals surface area contributed by atoms with Crippen molar-refractivity contribution in [1.29, 1.82) is 10.5 Å². The standard InChI is InChI=1S/C11H4F3N3O2/c12-11(13,14)9-2-1-7(3-8(5-15)6-16)4-10(9)17(18)19/h1-4H. The van der Waals surface area contributed by atoms with Crippen molar-refractivity contribution in [2.24, 2.45) is 0 Å². The Labute approximate surface area is 105 Å². The number of nitro groups is 1. The highest BCUT2D eigenvalue weighted by atomic mass is 19.4. The van der Waals surface area contributed by atoms with Crippen LogP contribution in [0.5, 0.6) is 0 Å². The van der Waals surface area contributed by atoms with Gasteiger partial charge in [-0.1, -0.05) is 6.07 Å². The summed E-state index contributed by atoms with van der Waals surface area (Å²) in [6, 6.07) is 5.15. The monoisotopic (exact) mass is 267 g/mol. The van der Waals surface area contributed by atoms with Crippen molar-refractivity contribution in [2.45, 2.75) is 6.18 Å². The minimum absolute atomic E-state index is 0.0298. The van der Waals surface area contributed by atoms with Gasteiger partial charge in [0, 0.05) is 6.07 Å². The average Bonchev–Trinajstić information content (AvgIpc) is 2.34. The van der Waals surface area contributed by atoms with E-state index in [2.05, 4.69) is 0 Å². The summed E-state index contributed by atoms with van der Waals surface area (Å²) in [4.78, 5) is 9.43. The van der Waals surface area contributed by atoms with E-state index in [4.69, 9.17) is 10.5 Å². The Morgan fingerprint density at radius 2 is 1.89 bits per heavy atom. The number of nitro benzene ring substituents is 1. The predicted molar refractivity (Wildman–Crippen MR) is 57.3 cm³/mol. The minimum atomic E-state index is -4.85. The number of hydrogen-bond acceptors (Lipinski definition) is 4. The predicted octanol–water partition coefficient (Wildman–Crippen LogP) is 3.04. The van der Waals surface area contributed by atoms with Crippen LogP contribution in [0, 0.1) is 32.8 Å². The lowest BCUT2D eigenvalue weighted by Crippen LogP contribution is -2.08. The van der Waals surface area contributed by atoms with Gasteiger partial charge in [-0.2, -0.15) is 23.7 Å². The van der Waals surface area contributed by atoms with E-state index in [1.807, 2.05) is 0 Å². The molecule has 0 aromatic heterocycles. The third-order valence-electron chi connectivity index (χ3n) is 2.08. The van der Waals surface area contributed by atoms with Crippen LogP contribution in [-0.2, 0) is 6.18 Å². The molecule has 0 saturated carbocycles. The maximum Gasteiger partial charge on any atom is 0.422 e. The summed E-state index contributed by atoms with van der Waals surface area (Å²) in [5.41, 5.74) is -2.91. The van der Waals surface area contributed by atoms with Crippen LogP contribution in [0.25, 0.3) is 6.08 Å². The highest BCUT2D eigenvalue weighted by Crippen LogP contribution is 2.36. The Bertz CT molecular complexity index is 620. The zero-order valence-corrected chi connectivity index (χ0v) is 9.10. The number of nitriles is 2. The zero-order chi connectivity index (χ0) is 14.6. The molecule has 0 saturated heterocycles. The van der Waals surface area contributed by atoms with Crippen molar-refractivity contribution in [2.75, 3.05) is 0 Å². The molecule has 19 heavy (non-hydrogen) atoms. The molecule has 0 heterocycles. The van der Waals surface area contributed by atoms with Crippen molar-refractivity contribution < 1.29 is 18.1 Å². The van der Waals surface area contributed by atoms with Crippen LogP contribution in [0.3, 0.4) is 0 Å². The van der Waals surface area contributed by atoms with Gasteiger partial charge < -0.3 is 0 Å². The summed E-state index contributed by atoms with van der Waals surface area (Å²) in [6.45, 7) is 0. The van der Waals surface area contributed by atoms with Crippen LogP contribution < -0.4 is 0 Å². The maximum atomic E-state index is 12.5. The molecule has 0 spiro atoms. The smallest absolute Gasteiger partial charge is 0.258 e. The van der Waals surface area contributed by atoms with Gasteiger partial charge >= 0.3 is 6.18 Å². The van der Waals surface area contributed by atoms with Crippen LogP contribution >= 0.6 is 0 Å². The Morgan fingerprint density at radius 3 is 2.32 bits per heavy atom. The van der Waals surface area contributed by atoms with E-state index in [1.54, 1.807) is 0 Å². The fraction of sp³-hybridized carbons (Fsp3) is 0.0909.